The second-order valence-corrected chi connectivity index (χ2v) is 7.04. The first-order valence-electron chi connectivity index (χ1n) is 9.10. The molecule has 0 bridgehead atoms. The molecule has 1 saturated carbocycles. The van der Waals surface area contributed by atoms with Gasteiger partial charge in [-0.15, -0.1) is 0 Å². The lowest BCUT2D eigenvalue weighted by molar-refractivity contribution is -0.141. The van der Waals surface area contributed by atoms with E-state index in [2.05, 4.69) is 10.1 Å². The Morgan fingerprint density at radius 2 is 2.04 bits per heavy atom. The monoisotopic (exact) mass is 357 g/mol. The van der Waals surface area contributed by atoms with Gasteiger partial charge in [0.25, 0.3) is 5.91 Å². The Kier molecular flexibility index (Phi) is 4.63. The Morgan fingerprint density at radius 3 is 2.73 bits per heavy atom. The van der Waals surface area contributed by atoms with E-state index in [1.54, 1.807) is 36.3 Å². The minimum absolute atomic E-state index is 0.212. The number of likely N-dealkylation sites (tertiary alicyclic amines) is 1. The molecule has 1 N–H and O–H groups in total. The van der Waals surface area contributed by atoms with Gasteiger partial charge in [0.05, 0.1) is 7.11 Å². The Labute approximate surface area is 152 Å². The van der Waals surface area contributed by atoms with E-state index in [4.69, 9.17) is 9.26 Å². The van der Waals surface area contributed by atoms with Crippen molar-refractivity contribution in [1.29, 1.82) is 0 Å². The molecule has 1 unspecified atom stereocenters. The summed E-state index contributed by atoms with van der Waals surface area (Å²) < 4.78 is 10.5. The van der Waals surface area contributed by atoms with Crippen molar-refractivity contribution in [3.63, 3.8) is 0 Å². The maximum Gasteiger partial charge on any atom is 0.256 e. The molecule has 26 heavy (non-hydrogen) atoms. The Morgan fingerprint density at radius 1 is 1.27 bits per heavy atom. The van der Waals surface area contributed by atoms with E-state index in [1.807, 2.05) is 0 Å². The number of amides is 1. The predicted octanol–water partition coefficient (Wildman–Crippen LogP) is 2.40. The fraction of sp³-hybridized carbons (Fsp3) is 0.526. The Bertz CT molecular complexity index is 779. The van der Waals surface area contributed by atoms with Gasteiger partial charge >= 0.3 is 0 Å². The van der Waals surface area contributed by atoms with Crippen LogP contribution in [0.2, 0.25) is 0 Å². The summed E-state index contributed by atoms with van der Waals surface area (Å²) in [7, 11) is 1.56. The predicted molar refractivity (Wildman–Crippen MR) is 92.8 cm³/mol. The van der Waals surface area contributed by atoms with Crippen LogP contribution < -0.4 is 4.74 Å². The number of carbonyl (C=O) groups is 1. The van der Waals surface area contributed by atoms with Crippen LogP contribution in [0.5, 0.6) is 5.75 Å². The molecule has 2 aliphatic rings. The number of ether oxygens (including phenoxy) is 1. The molecule has 4 rings (SSSR count). The highest BCUT2D eigenvalue weighted by Gasteiger charge is 2.33. The van der Waals surface area contributed by atoms with Gasteiger partial charge in [-0.2, -0.15) is 4.98 Å². The van der Waals surface area contributed by atoms with Crippen LogP contribution in [0, 0.1) is 0 Å². The summed E-state index contributed by atoms with van der Waals surface area (Å²) in [6.45, 7) is 1.16. The molecule has 7 heteroatoms. The third kappa shape index (κ3) is 3.44. The van der Waals surface area contributed by atoms with E-state index in [1.165, 1.54) is 0 Å². The van der Waals surface area contributed by atoms with Crippen LogP contribution in [0.3, 0.4) is 0 Å². The normalized spacial score (nSPS) is 19.4. The molecule has 138 valence electrons. The molecule has 1 aliphatic heterocycles. The summed E-state index contributed by atoms with van der Waals surface area (Å²) >= 11 is 0. The first kappa shape index (κ1) is 17.0. The summed E-state index contributed by atoms with van der Waals surface area (Å²) in [5, 5.41) is 14.5. The maximum atomic E-state index is 12.6. The second-order valence-electron chi connectivity index (χ2n) is 7.04. The molecule has 1 aromatic heterocycles. The Hall–Kier alpha value is -2.41. The van der Waals surface area contributed by atoms with Gasteiger partial charge < -0.3 is 19.3 Å². The van der Waals surface area contributed by atoms with Gasteiger partial charge in [0.1, 0.15) is 5.75 Å². The van der Waals surface area contributed by atoms with Gasteiger partial charge in [-0.25, -0.2) is 0 Å². The molecule has 7 nitrogen and oxygen atoms in total. The van der Waals surface area contributed by atoms with Gasteiger partial charge in [0, 0.05) is 24.9 Å². The van der Waals surface area contributed by atoms with Crippen molar-refractivity contribution in [2.75, 3.05) is 20.2 Å². The summed E-state index contributed by atoms with van der Waals surface area (Å²) in [6.07, 6.45) is 2.65. The number of nitrogens with zero attached hydrogens (tertiary/aromatic N) is 3. The highest BCUT2D eigenvalue weighted by molar-refractivity contribution is 5.82. The zero-order chi connectivity index (χ0) is 18.1. The number of aromatic nitrogens is 2. The Balaban J connectivity index is 1.36. The van der Waals surface area contributed by atoms with Crippen LogP contribution >= 0.6 is 0 Å². The van der Waals surface area contributed by atoms with E-state index < -0.39 is 6.10 Å². The van der Waals surface area contributed by atoms with Crippen molar-refractivity contribution < 1.29 is 19.2 Å². The average molecular weight is 357 g/mol. The van der Waals surface area contributed by atoms with Gasteiger partial charge in [-0.05, 0) is 43.4 Å². The second kappa shape index (κ2) is 7.07. The quantitative estimate of drug-likeness (QED) is 0.884. The molecular weight excluding hydrogens is 334 g/mol. The standard InChI is InChI=1S/C19H23N3O4/c1-25-15-4-2-3-14(11-15)16(23)19(24)22-9-7-12(8-10-22)17-20-18(26-21-17)13-5-6-13/h2-4,11-13,16,23H,5-10H2,1H3. The van der Waals surface area contributed by atoms with Crippen molar-refractivity contribution in [3.8, 4) is 5.75 Å². The molecular formula is C19H23N3O4. The third-order valence-corrected chi connectivity index (χ3v) is 5.20. The largest absolute Gasteiger partial charge is 0.497 e. The minimum atomic E-state index is -1.17. The van der Waals surface area contributed by atoms with E-state index in [0.29, 0.717) is 30.3 Å². The van der Waals surface area contributed by atoms with Crippen LogP contribution in [0.4, 0.5) is 0 Å². The maximum absolute atomic E-state index is 12.6. The van der Waals surface area contributed by atoms with Crippen LogP contribution in [0.15, 0.2) is 28.8 Å². The number of piperidine rings is 1. The molecule has 0 radical (unpaired) electrons. The van der Waals surface area contributed by atoms with E-state index in [0.717, 1.165) is 37.4 Å². The molecule has 2 heterocycles. The highest BCUT2D eigenvalue weighted by atomic mass is 16.5. The number of methoxy groups -OCH3 is 1. The fourth-order valence-electron chi connectivity index (χ4n) is 3.39. The van der Waals surface area contributed by atoms with Gasteiger partial charge in [-0.1, -0.05) is 17.3 Å². The van der Waals surface area contributed by atoms with E-state index >= 15 is 0 Å². The fourth-order valence-corrected chi connectivity index (χ4v) is 3.39. The summed E-state index contributed by atoms with van der Waals surface area (Å²) in [4.78, 5) is 18.9. The van der Waals surface area contributed by atoms with Gasteiger partial charge in [0.15, 0.2) is 11.9 Å². The highest BCUT2D eigenvalue weighted by Crippen LogP contribution is 2.39. The molecule has 2 fully saturated rings. The number of rotatable bonds is 5. The van der Waals surface area contributed by atoms with Crippen molar-refractivity contribution in [2.24, 2.45) is 0 Å². The van der Waals surface area contributed by atoms with Crippen molar-refractivity contribution in [1.82, 2.24) is 15.0 Å². The van der Waals surface area contributed by atoms with Crippen LogP contribution in [-0.4, -0.2) is 46.3 Å². The summed E-state index contributed by atoms with van der Waals surface area (Å²) in [6, 6.07) is 6.97. The lowest BCUT2D eigenvalue weighted by atomic mass is 9.95. The van der Waals surface area contributed by atoms with Gasteiger partial charge in [0.2, 0.25) is 5.89 Å². The molecule has 0 spiro atoms. The molecule has 1 aliphatic carbocycles. The topological polar surface area (TPSA) is 88.7 Å². The zero-order valence-corrected chi connectivity index (χ0v) is 14.8. The number of aliphatic hydroxyl groups excluding tert-OH is 1. The number of benzene rings is 1. The van der Waals surface area contributed by atoms with Crippen LogP contribution in [0.1, 0.15) is 60.9 Å². The molecule has 1 amide bonds. The van der Waals surface area contributed by atoms with Crippen LogP contribution in [-0.2, 0) is 4.79 Å². The SMILES string of the molecule is COc1cccc(C(O)C(=O)N2CCC(c3noc(C4CC4)n3)CC2)c1. The van der Waals surface area contributed by atoms with Crippen molar-refractivity contribution in [2.45, 2.75) is 43.6 Å². The lowest BCUT2D eigenvalue weighted by Gasteiger charge is -2.32. The molecule has 1 aromatic carbocycles. The average Bonchev–Trinajstić information content (AvgIpc) is 3.44. The lowest BCUT2D eigenvalue weighted by Crippen LogP contribution is -2.40. The zero-order valence-electron chi connectivity index (χ0n) is 14.8. The first-order valence-corrected chi connectivity index (χ1v) is 9.10. The van der Waals surface area contributed by atoms with Crippen LogP contribution in [0.25, 0.3) is 0 Å². The number of hydrogen-bond acceptors (Lipinski definition) is 6. The van der Waals surface area contributed by atoms with E-state index in [9.17, 15) is 9.90 Å². The smallest absolute Gasteiger partial charge is 0.256 e. The minimum Gasteiger partial charge on any atom is -0.497 e. The van der Waals surface area contributed by atoms with Crippen molar-refractivity contribution in [3.05, 3.63) is 41.5 Å². The summed E-state index contributed by atoms with van der Waals surface area (Å²) in [5.74, 6) is 2.53. The molecule has 1 atom stereocenters. The van der Waals surface area contributed by atoms with Crippen molar-refractivity contribution >= 4 is 5.91 Å². The third-order valence-electron chi connectivity index (χ3n) is 5.20. The first-order chi connectivity index (χ1) is 12.7. The number of carbonyl (C=O) groups excluding carboxylic acids is 1. The van der Waals surface area contributed by atoms with E-state index in [-0.39, 0.29) is 11.8 Å². The number of hydrogen-bond donors (Lipinski definition) is 1. The number of aliphatic hydroxyl groups is 1. The molecule has 2 aromatic rings. The summed E-state index contributed by atoms with van der Waals surface area (Å²) in [5.41, 5.74) is 0.545. The molecule has 1 saturated heterocycles. The van der Waals surface area contributed by atoms with Gasteiger partial charge in [-0.3, -0.25) is 4.79 Å².